The molecule has 1 unspecified atom stereocenters. The molecule has 1 aromatic heterocycles. The van der Waals surface area contributed by atoms with Crippen LogP contribution in [0.3, 0.4) is 0 Å². The summed E-state index contributed by atoms with van der Waals surface area (Å²) >= 11 is 6.27. The molecule has 0 radical (unpaired) electrons. The third-order valence-electron chi connectivity index (χ3n) is 5.36. The smallest absolute Gasteiger partial charge is 0.257 e. The number of benzene rings is 2. The molecule has 0 bridgehead atoms. The molecule has 0 saturated carbocycles. The van der Waals surface area contributed by atoms with Crippen LogP contribution in [-0.4, -0.2) is 37.2 Å². The maximum Gasteiger partial charge on any atom is 0.257 e. The van der Waals surface area contributed by atoms with Gasteiger partial charge in [0.15, 0.2) is 0 Å². The van der Waals surface area contributed by atoms with Gasteiger partial charge in [-0.3, -0.25) is 9.59 Å². The van der Waals surface area contributed by atoms with Crippen LogP contribution in [0.2, 0.25) is 5.02 Å². The summed E-state index contributed by atoms with van der Waals surface area (Å²) in [6, 6.07) is 14.5. The van der Waals surface area contributed by atoms with E-state index in [2.05, 4.69) is 10.5 Å². The van der Waals surface area contributed by atoms with E-state index in [-0.39, 0.29) is 17.7 Å². The molecule has 1 aliphatic rings. The van der Waals surface area contributed by atoms with Gasteiger partial charge >= 0.3 is 0 Å². The molecule has 1 fully saturated rings. The molecule has 0 spiro atoms. The number of halogens is 1. The molecule has 1 aliphatic heterocycles. The lowest BCUT2D eigenvalue weighted by atomic mass is 10.0. The molecule has 8 heteroatoms. The largest absolute Gasteiger partial charge is 0.497 e. The van der Waals surface area contributed by atoms with Crippen molar-refractivity contribution in [3.63, 3.8) is 0 Å². The van der Waals surface area contributed by atoms with Crippen LogP contribution in [0.5, 0.6) is 5.75 Å². The molecule has 1 atom stereocenters. The number of rotatable bonds is 6. The average Bonchev–Trinajstić information content (AvgIpc) is 3.35. The summed E-state index contributed by atoms with van der Waals surface area (Å²) in [6.45, 7) is 2.59. The zero-order chi connectivity index (χ0) is 22.0. The lowest BCUT2D eigenvalue weighted by Crippen LogP contribution is -2.31. The second kappa shape index (κ2) is 8.81. The van der Waals surface area contributed by atoms with Gasteiger partial charge < -0.3 is 19.5 Å². The highest BCUT2D eigenvalue weighted by molar-refractivity contribution is 6.33. The van der Waals surface area contributed by atoms with Gasteiger partial charge in [0.05, 0.1) is 12.1 Å². The van der Waals surface area contributed by atoms with Crippen LogP contribution in [0.15, 0.2) is 53.1 Å². The third-order valence-corrected chi connectivity index (χ3v) is 5.69. The zero-order valence-corrected chi connectivity index (χ0v) is 18.0. The minimum atomic E-state index is -0.302. The van der Waals surface area contributed by atoms with Gasteiger partial charge in [-0.05, 0) is 37.3 Å². The summed E-state index contributed by atoms with van der Waals surface area (Å²) < 4.78 is 10.4. The van der Waals surface area contributed by atoms with Crippen molar-refractivity contribution in [3.8, 4) is 17.0 Å². The van der Waals surface area contributed by atoms with E-state index in [1.807, 2.05) is 36.4 Å². The Morgan fingerprint density at radius 2 is 2.00 bits per heavy atom. The van der Waals surface area contributed by atoms with Gasteiger partial charge in [-0.1, -0.05) is 35.0 Å². The minimum Gasteiger partial charge on any atom is -0.497 e. The fourth-order valence-corrected chi connectivity index (χ4v) is 3.96. The van der Waals surface area contributed by atoms with Crippen LogP contribution in [0.1, 0.15) is 22.5 Å². The van der Waals surface area contributed by atoms with Crippen LogP contribution >= 0.6 is 11.6 Å². The van der Waals surface area contributed by atoms with Gasteiger partial charge in [0.25, 0.3) is 5.91 Å². The zero-order valence-electron chi connectivity index (χ0n) is 17.2. The standard InChI is InChI=1S/C23H22ClN3O4/c1-14-21(22(26-31-14)18-5-3-4-6-19(18)24)23(29)25-12-15-11-20(28)27(13-15)16-7-9-17(30-2)10-8-16/h3-10,15H,11-13H2,1-2H3,(H,25,29). The lowest BCUT2D eigenvalue weighted by molar-refractivity contribution is -0.117. The predicted octanol–water partition coefficient (Wildman–Crippen LogP) is 4.09. The van der Waals surface area contributed by atoms with Gasteiger partial charge in [-0.25, -0.2) is 0 Å². The van der Waals surface area contributed by atoms with Crippen molar-refractivity contribution in [2.24, 2.45) is 5.92 Å². The number of methoxy groups -OCH3 is 1. The first kappa shape index (κ1) is 20.9. The third kappa shape index (κ3) is 4.27. The molecule has 3 aromatic rings. The minimum absolute atomic E-state index is 0.00230. The van der Waals surface area contributed by atoms with Crippen LogP contribution < -0.4 is 15.0 Å². The highest BCUT2D eigenvalue weighted by Gasteiger charge is 2.31. The van der Waals surface area contributed by atoms with Crippen molar-refractivity contribution in [2.45, 2.75) is 13.3 Å². The monoisotopic (exact) mass is 439 g/mol. The Bertz CT molecular complexity index is 1110. The van der Waals surface area contributed by atoms with E-state index in [9.17, 15) is 9.59 Å². The molecule has 2 aromatic carbocycles. The average molecular weight is 440 g/mol. The van der Waals surface area contributed by atoms with E-state index >= 15 is 0 Å². The number of hydrogen-bond donors (Lipinski definition) is 1. The predicted molar refractivity (Wildman–Crippen MR) is 117 cm³/mol. The van der Waals surface area contributed by atoms with E-state index in [0.29, 0.717) is 47.1 Å². The van der Waals surface area contributed by atoms with Crippen molar-refractivity contribution in [2.75, 3.05) is 25.1 Å². The Hall–Kier alpha value is -3.32. The Morgan fingerprint density at radius 1 is 1.26 bits per heavy atom. The number of carbonyl (C=O) groups is 2. The number of carbonyl (C=O) groups excluding carboxylic acids is 2. The van der Waals surface area contributed by atoms with Gasteiger partial charge in [0.1, 0.15) is 22.8 Å². The maximum absolute atomic E-state index is 12.9. The second-order valence-electron chi connectivity index (χ2n) is 7.42. The van der Waals surface area contributed by atoms with E-state index in [0.717, 1.165) is 11.4 Å². The Labute approximate surface area is 184 Å². The van der Waals surface area contributed by atoms with Gasteiger partial charge in [-0.2, -0.15) is 0 Å². The van der Waals surface area contributed by atoms with Crippen molar-refractivity contribution in [3.05, 3.63) is 64.9 Å². The summed E-state index contributed by atoms with van der Waals surface area (Å²) in [5.74, 6) is 0.876. The molecule has 7 nitrogen and oxygen atoms in total. The highest BCUT2D eigenvalue weighted by Crippen LogP contribution is 2.31. The number of nitrogens with zero attached hydrogens (tertiary/aromatic N) is 2. The fraction of sp³-hybridized carbons (Fsp3) is 0.261. The number of ether oxygens (including phenoxy) is 1. The van der Waals surface area contributed by atoms with Gasteiger partial charge in [0, 0.05) is 36.7 Å². The van der Waals surface area contributed by atoms with E-state index in [4.69, 9.17) is 20.9 Å². The summed E-state index contributed by atoms with van der Waals surface area (Å²) in [5.41, 5.74) is 2.20. The SMILES string of the molecule is COc1ccc(N2CC(CNC(=O)c3c(-c4ccccc4Cl)noc3C)CC2=O)cc1. The summed E-state index contributed by atoms with van der Waals surface area (Å²) in [5, 5.41) is 7.45. The molecular weight excluding hydrogens is 418 g/mol. The number of amides is 2. The molecule has 4 rings (SSSR count). The first-order valence-electron chi connectivity index (χ1n) is 9.91. The second-order valence-corrected chi connectivity index (χ2v) is 7.83. The molecular formula is C23H22ClN3O4. The van der Waals surface area contributed by atoms with Gasteiger partial charge in [-0.15, -0.1) is 0 Å². The fourth-order valence-electron chi connectivity index (χ4n) is 3.73. The number of aryl methyl sites for hydroxylation is 1. The van der Waals surface area contributed by atoms with E-state index in [1.165, 1.54) is 0 Å². The van der Waals surface area contributed by atoms with Crippen LogP contribution in [0.4, 0.5) is 5.69 Å². The highest BCUT2D eigenvalue weighted by atomic mass is 35.5. The van der Waals surface area contributed by atoms with Crippen LogP contribution in [0.25, 0.3) is 11.3 Å². The summed E-state index contributed by atoms with van der Waals surface area (Å²) in [4.78, 5) is 27.1. The molecule has 2 amide bonds. The van der Waals surface area contributed by atoms with E-state index in [1.54, 1.807) is 31.1 Å². The Morgan fingerprint density at radius 3 is 2.71 bits per heavy atom. The molecule has 1 N–H and O–H groups in total. The Balaban J connectivity index is 1.43. The number of anilines is 1. The van der Waals surface area contributed by atoms with Crippen molar-refractivity contribution >= 4 is 29.1 Å². The normalized spacial score (nSPS) is 15.9. The van der Waals surface area contributed by atoms with E-state index < -0.39 is 0 Å². The molecule has 1 saturated heterocycles. The molecule has 31 heavy (non-hydrogen) atoms. The number of nitrogens with one attached hydrogen (secondary N) is 1. The number of aromatic nitrogens is 1. The first-order chi connectivity index (χ1) is 15.0. The topological polar surface area (TPSA) is 84.7 Å². The molecule has 0 aliphatic carbocycles. The number of hydrogen-bond acceptors (Lipinski definition) is 5. The maximum atomic E-state index is 12.9. The van der Waals surface area contributed by atoms with Crippen LogP contribution in [0, 0.1) is 12.8 Å². The quantitative estimate of drug-likeness (QED) is 0.625. The van der Waals surface area contributed by atoms with Crippen molar-refractivity contribution in [1.29, 1.82) is 0 Å². The summed E-state index contributed by atoms with van der Waals surface area (Å²) in [6.07, 6.45) is 0.367. The summed E-state index contributed by atoms with van der Waals surface area (Å²) in [7, 11) is 1.60. The molecule has 2 heterocycles. The van der Waals surface area contributed by atoms with Crippen molar-refractivity contribution in [1.82, 2.24) is 10.5 Å². The first-order valence-corrected chi connectivity index (χ1v) is 10.3. The lowest BCUT2D eigenvalue weighted by Gasteiger charge is -2.17. The Kier molecular flexibility index (Phi) is 5.95. The van der Waals surface area contributed by atoms with Gasteiger partial charge in [0.2, 0.25) is 5.91 Å². The van der Waals surface area contributed by atoms with Crippen molar-refractivity contribution < 1.29 is 18.8 Å². The van der Waals surface area contributed by atoms with Crippen LogP contribution in [-0.2, 0) is 4.79 Å². The molecule has 160 valence electrons.